The molecule has 0 unspecified atom stereocenters. The molecule has 2 aromatic rings. The highest BCUT2D eigenvalue weighted by Crippen LogP contribution is 2.33. The lowest BCUT2D eigenvalue weighted by atomic mass is 10.2. The number of hydrogen-bond acceptors (Lipinski definition) is 4. The summed E-state index contributed by atoms with van der Waals surface area (Å²) < 4.78 is 32.8. The molecule has 1 N–H and O–H groups in total. The van der Waals surface area contributed by atoms with Crippen LogP contribution in [-0.4, -0.2) is 28.6 Å². The Hall–Kier alpha value is -1.92. The number of benzene rings is 2. The summed E-state index contributed by atoms with van der Waals surface area (Å²) in [5, 5.41) is 0.580. The van der Waals surface area contributed by atoms with Gasteiger partial charge in [-0.1, -0.05) is 23.7 Å². The van der Waals surface area contributed by atoms with Gasteiger partial charge in [-0.3, -0.25) is 4.72 Å². The van der Waals surface area contributed by atoms with E-state index in [1.807, 2.05) is 11.9 Å². The fourth-order valence-electron chi connectivity index (χ4n) is 2.43. The van der Waals surface area contributed by atoms with Gasteiger partial charge >= 0.3 is 0 Å². The molecule has 23 heavy (non-hydrogen) atoms. The number of halogens is 1. The SMILES string of the molecule is CN1CCOc2ccc(NS(=O)(=O)Cc3ccc(Cl)cc3)cc21. The van der Waals surface area contributed by atoms with Crippen LogP contribution in [0.2, 0.25) is 5.02 Å². The minimum Gasteiger partial charge on any atom is -0.490 e. The van der Waals surface area contributed by atoms with Crippen molar-refractivity contribution >= 4 is 33.0 Å². The van der Waals surface area contributed by atoms with Crippen LogP contribution in [0.3, 0.4) is 0 Å². The van der Waals surface area contributed by atoms with Crippen LogP contribution >= 0.6 is 11.6 Å². The Bertz CT molecular complexity index is 807. The quantitative estimate of drug-likeness (QED) is 0.918. The first-order valence-corrected chi connectivity index (χ1v) is 9.19. The van der Waals surface area contributed by atoms with Crippen molar-refractivity contribution < 1.29 is 13.2 Å². The molecule has 0 atom stereocenters. The zero-order chi connectivity index (χ0) is 16.4. The zero-order valence-electron chi connectivity index (χ0n) is 12.6. The zero-order valence-corrected chi connectivity index (χ0v) is 14.2. The van der Waals surface area contributed by atoms with Crippen molar-refractivity contribution in [1.29, 1.82) is 0 Å². The lowest BCUT2D eigenvalue weighted by Crippen LogP contribution is -2.28. The monoisotopic (exact) mass is 352 g/mol. The Morgan fingerprint density at radius 1 is 1.22 bits per heavy atom. The summed E-state index contributed by atoms with van der Waals surface area (Å²) in [6.07, 6.45) is 0. The molecule has 0 spiro atoms. The molecule has 1 aliphatic rings. The first-order chi connectivity index (χ1) is 10.9. The van der Waals surface area contributed by atoms with Gasteiger partial charge in [0.05, 0.1) is 23.7 Å². The van der Waals surface area contributed by atoms with Gasteiger partial charge in [0, 0.05) is 12.1 Å². The highest BCUT2D eigenvalue weighted by molar-refractivity contribution is 7.91. The van der Waals surface area contributed by atoms with Gasteiger partial charge in [0.15, 0.2) is 0 Å². The van der Waals surface area contributed by atoms with Crippen LogP contribution in [0.15, 0.2) is 42.5 Å². The van der Waals surface area contributed by atoms with E-state index in [1.54, 1.807) is 42.5 Å². The molecular weight excluding hydrogens is 336 g/mol. The van der Waals surface area contributed by atoms with Crippen molar-refractivity contribution in [2.24, 2.45) is 0 Å². The first kappa shape index (κ1) is 16.0. The molecule has 0 radical (unpaired) electrons. The van der Waals surface area contributed by atoms with Crippen molar-refractivity contribution in [3.63, 3.8) is 0 Å². The van der Waals surface area contributed by atoms with E-state index in [1.165, 1.54) is 0 Å². The largest absolute Gasteiger partial charge is 0.490 e. The lowest BCUT2D eigenvalue weighted by Gasteiger charge is -2.28. The highest BCUT2D eigenvalue weighted by atomic mass is 35.5. The summed E-state index contributed by atoms with van der Waals surface area (Å²) in [4.78, 5) is 2.04. The van der Waals surface area contributed by atoms with Gasteiger partial charge in [-0.15, -0.1) is 0 Å². The smallest absolute Gasteiger partial charge is 0.236 e. The van der Waals surface area contributed by atoms with Crippen LogP contribution < -0.4 is 14.4 Å². The second-order valence-corrected chi connectivity index (χ2v) is 7.60. The fraction of sp³-hybridized carbons (Fsp3) is 0.250. The van der Waals surface area contributed by atoms with Crippen LogP contribution in [0.5, 0.6) is 5.75 Å². The van der Waals surface area contributed by atoms with Crippen LogP contribution in [0.25, 0.3) is 0 Å². The van der Waals surface area contributed by atoms with Gasteiger partial charge in [-0.25, -0.2) is 8.42 Å². The van der Waals surface area contributed by atoms with Gasteiger partial charge in [0.1, 0.15) is 12.4 Å². The van der Waals surface area contributed by atoms with E-state index >= 15 is 0 Å². The Kier molecular flexibility index (Phi) is 4.37. The van der Waals surface area contributed by atoms with E-state index in [2.05, 4.69) is 4.72 Å². The van der Waals surface area contributed by atoms with Gasteiger partial charge < -0.3 is 9.64 Å². The van der Waals surface area contributed by atoms with Crippen LogP contribution in [0.1, 0.15) is 5.56 Å². The van der Waals surface area contributed by atoms with Crippen LogP contribution in [-0.2, 0) is 15.8 Å². The third kappa shape index (κ3) is 3.89. The predicted molar refractivity (Wildman–Crippen MR) is 92.9 cm³/mol. The molecule has 3 rings (SSSR count). The van der Waals surface area contributed by atoms with Crippen LogP contribution in [0, 0.1) is 0 Å². The standard InChI is InChI=1S/C16H17ClN2O3S/c1-19-8-9-22-16-7-6-14(10-15(16)19)18-23(20,21)11-12-2-4-13(17)5-3-12/h2-7,10,18H,8-9,11H2,1H3. The van der Waals surface area contributed by atoms with Crippen molar-refractivity contribution in [3.05, 3.63) is 53.1 Å². The molecule has 5 nitrogen and oxygen atoms in total. The normalized spacial score (nSPS) is 14.1. The molecule has 1 aliphatic heterocycles. The molecule has 0 fully saturated rings. The van der Waals surface area contributed by atoms with Crippen molar-refractivity contribution in [2.75, 3.05) is 29.8 Å². The number of likely N-dealkylation sites (N-methyl/N-ethyl adjacent to an activating group) is 1. The van der Waals surface area contributed by atoms with E-state index in [4.69, 9.17) is 16.3 Å². The Balaban J connectivity index is 1.78. The second kappa shape index (κ2) is 6.29. The molecule has 1 heterocycles. The number of nitrogens with one attached hydrogen (secondary N) is 1. The number of rotatable bonds is 4. The summed E-state index contributed by atoms with van der Waals surface area (Å²) in [5.74, 6) is 0.660. The maximum atomic E-state index is 12.3. The molecule has 0 aromatic heterocycles. The van der Waals surface area contributed by atoms with Crippen molar-refractivity contribution in [3.8, 4) is 5.75 Å². The van der Waals surface area contributed by atoms with Crippen LogP contribution in [0.4, 0.5) is 11.4 Å². The summed E-state index contributed by atoms with van der Waals surface area (Å²) >= 11 is 5.81. The average Bonchev–Trinajstić information content (AvgIpc) is 2.50. The number of nitrogens with zero attached hydrogens (tertiary/aromatic N) is 1. The molecule has 122 valence electrons. The van der Waals surface area contributed by atoms with E-state index < -0.39 is 10.0 Å². The summed E-state index contributed by atoms with van der Waals surface area (Å²) in [7, 11) is -1.55. The molecule has 0 saturated heterocycles. The molecule has 0 bridgehead atoms. The maximum absolute atomic E-state index is 12.3. The number of hydrogen-bond donors (Lipinski definition) is 1. The summed E-state index contributed by atoms with van der Waals surface area (Å²) in [5.41, 5.74) is 2.08. The number of ether oxygens (including phenoxy) is 1. The molecule has 0 aliphatic carbocycles. The Labute approximate surface area is 140 Å². The van der Waals surface area contributed by atoms with Gasteiger partial charge in [0.25, 0.3) is 0 Å². The molecule has 7 heteroatoms. The molecule has 0 amide bonds. The van der Waals surface area contributed by atoms with E-state index in [0.717, 1.165) is 18.0 Å². The second-order valence-electron chi connectivity index (χ2n) is 5.44. The Morgan fingerprint density at radius 3 is 2.70 bits per heavy atom. The predicted octanol–water partition coefficient (Wildman–Crippen LogP) is 3.11. The van der Waals surface area contributed by atoms with Gasteiger partial charge in [-0.2, -0.15) is 0 Å². The molecular formula is C16H17ClN2O3S. The average molecular weight is 353 g/mol. The third-order valence-corrected chi connectivity index (χ3v) is 5.11. The lowest BCUT2D eigenvalue weighted by molar-refractivity contribution is 0.311. The fourth-order valence-corrected chi connectivity index (χ4v) is 3.75. The van der Waals surface area contributed by atoms with Crippen molar-refractivity contribution in [1.82, 2.24) is 0 Å². The minimum absolute atomic E-state index is 0.104. The molecule has 2 aromatic carbocycles. The summed E-state index contributed by atoms with van der Waals surface area (Å²) in [6.45, 7) is 1.40. The summed E-state index contributed by atoms with van der Waals surface area (Å²) in [6, 6.07) is 12.0. The maximum Gasteiger partial charge on any atom is 0.236 e. The van der Waals surface area contributed by atoms with Gasteiger partial charge in [0.2, 0.25) is 10.0 Å². The van der Waals surface area contributed by atoms with E-state index in [9.17, 15) is 8.42 Å². The van der Waals surface area contributed by atoms with E-state index in [0.29, 0.717) is 22.9 Å². The number of anilines is 2. The Morgan fingerprint density at radius 2 is 1.96 bits per heavy atom. The highest BCUT2D eigenvalue weighted by Gasteiger charge is 2.17. The number of sulfonamides is 1. The van der Waals surface area contributed by atoms with Crippen molar-refractivity contribution in [2.45, 2.75) is 5.75 Å². The number of fused-ring (bicyclic) bond motifs is 1. The molecule has 0 saturated carbocycles. The first-order valence-electron chi connectivity index (χ1n) is 7.16. The van der Waals surface area contributed by atoms with Gasteiger partial charge in [-0.05, 0) is 35.9 Å². The third-order valence-electron chi connectivity index (χ3n) is 3.60. The topological polar surface area (TPSA) is 58.6 Å². The minimum atomic E-state index is -3.50. The van der Waals surface area contributed by atoms with E-state index in [-0.39, 0.29) is 5.75 Å².